The molecular weight excluding hydrogens is 160 g/mol. The Morgan fingerprint density at radius 2 is 2.08 bits per heavy atom. The third-order valence-electron chi connectivity index (χ3n) is 1.93. The molecule has 0 aromatic rings. The summed E-state index contributed by atoms with van der Waals surface area (Å²) in [4.78, 5) is 0. The average Bonchev–Trinajstić information content (AvgIpc) is 2.60. The Morgan fingerprint density at radius 1 is 1.31 bits per heavy atom. The molecule has 0 aromatic carbocycles. The number of rotatable bonds is 4. The maximum atomic E-state index is 4.12. The molecule has 1 heterocycles. The van der Waals surface area contributed by atoms with Crippen LogP contribution >= 0.6 is 0 Å². The maximum absolute atomic E-state index is 4.12. The minimum absolute atomic E-state index is 0.227. The SMILES string of the molecule is C=C[C@@H]1C[C@H](/C=C/C=C/CC)N=N1. The second-order valence-electron chi connectivity index (χ2n) is 3.06. The van der Waals surface area contributed by atoms with Crippen molar-refractivity contribution in [3.05, 3.63) is 37.0 Å². The molecule has 13 heavy (non-hydrogen) atoms. The van der Waals surface area contributed by atoms with Gasteiger partial charge in [0, 0.05) is 6.42 Å². The Labute approximate surface area is 79.8 Å². The number of hydrogen-bond donors (Lipinski definition) is 0. The predicted octanol–water partition coefficient (Wildman–Crippen LogP) is 3.29. The van der Waals surface area contributed by atoms with Crippen molar-refractivity contribution in [1.82, 2.24) is 0 Å². The summed E-state index contributed by atoms with van der Waals surface area (Å²) in [7, 11) is 0. The van der Waals surface area contributed by atoms with E-state index >= 15 is 0 Å². The van der Waals surface area contributed by atoms with Crippen molar-refractivity contribution >= 4 is 0 Å². The molecule has 0 fully saturated rings. The molecule has 1 rings (SSSR count). The molecule has 0 spiro atoms. The third kappa shape index (κ3) is 3.36. The van der Waals surface area contributed by atoms with Crippen LogP contribution in [0.3, 0.4) is 0 Å². The zero-order valence-electron chi connectivity index (χ0n) is 8.06. The van der Waals surface area contributed by atoms with Gasteiger partial charge in [0.2, 0.25) is 0 Å². The first-order valence-electron chi connectivity index (χ1n) is 4.72. The third-order valence-corrected chi connectivity index (χ3v) is 1.93. The van der Waals surface area contributed by atoms with Gasteiger partial charge in [-0.15, -0.1) is 6.58 Å². The lowest BCUT2D eigenvalue weighted by Crippen LogP contribution is -2.01. The van der Waals surface area contributed by atoms with Crippen LogP contribution in [0, 0.1) is 0 Å². The first-order chi connectivity index (χ1) is 6.36. The van der Waals surface area contributed by atoms with E-state index in [1.807, 2.05) is 12.2 Å². The summed E-state index contributed by atoms with van der Waals surface area (Å²) in [6.07, 6.45) is 12.2. The van der Waals surface area contributed by atoms with Gasteiger partial charge < -0.3 is 0 Å². The van der Waals surface area contributed by atoms with Gasteiger partial charge in [-0.05, 0) is 6.42 Å². The second-order valence-corrected chi connectivity index (χ2v) is 3.06. The summed E-state index contributed by atoms with van der Waals surface area (Å²) in [6.45, 7) is 5.81. The Kier molecular flexibility index (Phi) is 4.16. The molecule has 0 aliphatic carbocycles. The first-order valence-corrected chi connectivity index (χ1v) is 4.72. The average molecular weight is 176 g/mol. The Morgan fingerprint density at radius 3 is 2.69 bits per heavy atom. The smallest absolute Gasteiger partial charge is 0.0916 e. The van der Waals surface area contributed by atoms with E-state index in [4.69, 9.17) is 0 Å². The molecule has 0 N–H and O–H groups in total. The number of azo groups is 1. The van der Waals surface area contributed by atoms with Gasteiger partial charge in [-0.3, -0.25) is 0 Å². The summed E-state index contributed by atoms with van der Waals surface area (Å²) < 4.78 is 0. The highest BCUT2D eigenvalue weighted by molar-refractivity contribution is 5.09. The van der Waals surface area contributed by atoms with Gasteiger partial charge in [-0.2, -0.15) is 10.2 Å². The van der Waals surface area contributed by atoms with Gasteiger partial charge in [0.05, 0.1) is 12.1 Å². The molecule has 1 aliphatic heterocycles. The Bertz CT molecular complexity index is 238. The highest BCUT2D eigenvalue weighted by atomic mass is 15.2. The van der Waals surface area contributed by atoms with Crippen molar-refractivity contribution in [1.29, 1.82) is 0 Å². The van der Waals surface area contributed by atoms with E-state index < -0.39 is 0 Å². The zero-order chi connectivity index (χ0) is 9.52. The van der Waals surface area contributed by atoms with Gasteiger partial charge in [0.25, 0.3) is 0 Å². The van der Waals surface area contributed by atoms with Crippen molar-refractivity contribution in [3.8, 4) is 0 Å². The van der Waals surface area contributed by atoms with Crippen LogP contribution in [0.5, 0.6) is 0 Å². The highest BCUT2D eigenvalue weighted by Gasteiger charge is 2.15. The number of hydrogen-bond acceptors (Lipinski definition) is 2. The largest absolute Gasteiger partial charge is 0.186 e. The minimum atomic E-state index is 0.227. The summed E-state index contributed by atoms with van der Waals surface area (Å²) in [5.41, 5.74) is 0. The van der Waals surface area contributed by atoms with Crippen molar-refractivity contribution in [2.45, 2.75) is 31.8 Å². The van der Waals surface area contributed by atoms with E-state index in [0.717, 1.165) is 12.8 Å². The van der Waals surface area contributed by atoms with Gasteiger partial charge in [-0.25, -0.2) is 0 Å². The van der Waals surface area contributed by atoms with E-state index in [-0.39, 0.29) is 12.1 Å². The molecule has 70 valence electrons. The van der Waals surface area contributed by atoms with E-state index in [1.54, 1.807) is 0 Å². The summed E-state index contributed by atoms with van der Waals surface area (Å²) in [5.74, 6) is 0. The van der Waals surface area contributed by atoms with Gasteiger partial charge in [0.15, 0.2) is 0 Å². The fraction of sp³-hybridized carbons (Fsp3) is 0.455. The van der Waals surface area contributed by atoms with E-state index in [1.165, 1.54) is 0 Å². The highest BCUT2D eigenvalue weighted by Crippen LogP contribution is 2.17. The lowest BCUT2D eigenvalue weighted by atomic mass is 10.1. The molecule has 0 aromatic heterocycles. The zero-order valence-corrected chi connectivity index (χ0v) is 8.06. The Balaban J connectivity index is 2.32. The molecule has 2 atom stereocenters. The lowest BCUT2D eigenvalue weighted by Gasteiger charge is -1.97. The van der Waals surface area contributed by atoms with Crippen molar-refractivity contribution in [2.24, 2.45) is 10.2 Å². The number of nitrogens with zero attached hydrogens (tertiary/aromatic N) is 2. The molecule has 2 nitrogen and oxygen atoms in total. The summed E-state index contributed by atoms with van der Waals surface area (Å²) >= 11 is 0. The van der Waals surface area contributed by atoms with Crippen LogP contribution in [-0.2, 0) is 0 Å². The second kappa shape index (κ2) is 5.46. The van der Waals surface area contributed by atoms with Crippen LogP contribution in [0.2, 0.25) is 0 Å². The quantitative estimate of drug-likeness (QED) is 0.464. The lowest BCUT2D eigenvalue weighted by molar-refractivity contribution is 0.767. The predicted molar refractivity (Wildman–Crippen MR) is 55.8 cm³/mol. The van der Waals surface area contributed by atoms with E-state index in [9.17, 15) is 0 Å². The summed E-state index contributed by atoms with van der Waals surface area (Å²) in [5, 5.41) is 8.18. The molecule has 0 amide bonds. The molecule has 1 aliphatic rings. The molecule has 0 saturated carbocycles. The molecule has 0 bridgehead atoms. The monoisotopic (exact) mass is 176 g/mol. The molecular formula is C11H16N2. The summed E-state index contributed by atoms with van der Waals surface area (Å²) in [6, 6.07) is 0.481. The van der Waals surface area contributed by atoms with Crippen LogP contribution in [0.15, 0.2) is 47.2 Å². The Hall–Kier alpha value is -1.18. The molecule has 2 heteroatoms. The van der Waals surface area contributed by atoms with Crippen LogP contribution in [-0.4, -0.2) is 12.1 Å². The van der Waals surface area contributed by atoms with Crippen molar-refractivity contribution in [2.75, 3.05) is 0 Å². The first kappa shape index (κ1) is 9.90. The van der Waals surface area contributed by atoms with E-state index in [2.05, 4.69) is 42.0 Å². The standard InChI is InChI=1S/C11H16N2/c1-3-5-6-7-8-11-9-10(4-2)12-13-11/h4-8,10-11H,2-3,9H2,1H3/b6-5+,8-7+/t10-,11+/m1/s1. The van der Waals surface area contributed by atoms with Crippen molar-refractivity contribution in [3.63, 3.8) is 0 Å². The minimum Gasteiger partial charge on any atom is -0.186 e. The maximum Gasteiger partial charge on any atom is 0.0916 e. The fourth-order valence-corrected chi connectivity index (χ4v) is 1.18. The van der Waals surface area contributed by atoms with Gasteiger partial charge in [-0.1, -0.05) is 37.3 Å². The van der Waals surface area contributed by atoms with E-state index in [0.29, 0.717) is 0 Å². The fourth-order valence-electron chi connectivity index (χ4n) is 1.18. The normalized spacial score (nSPS) is 27.8. The number of allylic oxidation sites excluding steroid dienone is 3. The topological polar surface area (TPSA) is 24.7 Å². The van der Waals surface area contributed by atoms with Gasteiger partial charge >= 0.3 is 0 Å². The van der Waals surface area contributed by atoms with Crippen molar-refractivity contribution < 1.29 is 0 Å². The van der Waals surface area contributed by atoms with Gasteiger partial charge in [0.1, 0.15) is 0 Å². The van der Waals surface area contributed by atoms with Crippen LogP contribution in [0.4, 0.5) is 0 Å². The molecule has 0 radical (unpaired) electrons. The van der Waals surface area contributed by atoms with Crippen LogP contribution in [0.25, 0.3) is 0 Å². The van der Waals surface area contributed by atoms with Crippen LogP contribution < -0.4 is 0 Å². The molecule has 0 unspecified atom stereocenters. The van der Waals surface area contributed by atoms with Crippen LogP contribution in [0.1, 0.15) is 19.8 Å². The molecule has 0 saturated heterocycles.